The van der Waals surface area contributed by atoms with E-state index in [1.54, 1.807) is 60.8 Å². The first-order chi connectivity index (χ1) is 14.6. The molecule has 6 nitrogen and oxygen atoms in total. The highest BCUT2D eigenvalue weighted by Gasteiger charge is 2.46. The number of carbonyl (C=O) groups excluding carboxylic acids is 2. The van der Waals surface area contributed by atoms with Gasteiger partial charge in [-0.3, -0.25) is 19.5 Å². The summed E-state index contributed by atoms with van der Waals surface area (Å²) in [5.74, 6) is -1.75. The maximum atomic E-state index is 13.4. The van der Waals surface area contributed by atoms with Gasteiger partial charge in [-0.15, -0.1) is 0 Å². The number of para-hydroxylation sites is 2. The Labute approximate surface area is 171 Å². The predicted octanol–water partition coefficient (Wildman–Crippen LogP) is 4.61. The van der Waals surface area contributed by atoms with Crippen molar-refractivity contribution in [1.29, 1.82) is 0 Å². The molecule has 0 radical (unpaired) electrons. The quantitative estimate of drug-likeness (QED) is 0.509. The van der Waals surface area contributed by atoms with Crippen molar-refractivity contribution in [2.45, 2.75) is 6.04 Å². The fourth-order valence-corrected chi connectivity index (χ4v) is 3.74. The third-order valence-corrected chi connectivity index (χ3v) is 5.10. The Hall–Kier alpha value is -4.19. The van der Waals surface area contributed by atoms with Crippen LogP contribution in [-0.4, -0.2) is 21.8 Å². The number of furan rings is 1. The highest BCUT2D eigenvalue weighted by molar-refractivity contribution is 6.20. The van der Waals surface area contributed by atoms with Crippen LogP contribution in [0.5, 0.6) is 0 Å². The molecule has 0 bridgehead atoms. The molecular formula is C24H16N2O4. The molecule has 6 heteroatoms. The topological polar surface area (TPSA) is 83.6 Å². The number of fused-ring (bicyclic) bond motifs is 1. The van der Waals surface area contributed by atoms with Crippen LogP contribution in [0.4, 0.5) is 5.69 Å². The van der Waals surface area contributed by atoms with Gasteiger partial charge in [0, 0.05) is 17.3 Å². The highest BCUT2D eigenvalue weighted by atomic mass is 16.3. The van der Waals surface area contributed by atoms with Crippen LogP contribution in [0.3, 0.4) is 0 Å². The fourth-order valence-electron chi connectivity index (χ4n) is 3.74. The smallest absolute Gasteiger partial charge is 0.294 e. The van der Waals surface area contributed by atoms with Crippen LogP contribution in [0, 0.1) is 0 Å². The van der Waals surface area contributed by atoms with E-state index in [0.29, 0.717) is 17.0 Å². The van der Waals surface area contributed by atoms with Crippen molar-refractivity contribution in [3.05, 3.63) is 108 Å². The number of aliphatic hydroxyl groups excluding tert-OH is 1. The average Bonchev–Trinajstić information content (AvgIpc) is 3.34. The monoisotopic (exact) mass is 396 g/mol. The van der Waals surface area contributed by atoms with Crippen molar-refractivity contribution in [2.75, 3.05) is 4.90 Å². The molecule has 4 aromatic rings. The normalized spacial score (nSPS) is 16.5. The van der Waals surface area contributed by atoms with Crippen molar-refractivity contribution >= 4 is 28.3 Å². The Balaban J connectivity index is 1.66. The number of pyridine rings is 1. The van der Waals surface area contributed by atoms with Gasteiger partial charge in [-0.05, 0) is 36.4 Å². The summed E-state index contributed by atoms with van der Waals surface area (Å²) in [6, 6.07) is 22.1. The maximum absolute atomic E-state index is 13.4. The van der Waals surface area contributed by atoms with Crippen LogP contribution in [0.25, 0.3) is 11.0 Å². The van der Waals surface area contributed by atoms with E-state index in [1.165, 1.54) is 4.90 Å². The lowest BCUT2D eigenvalue weighted by Crippen LogP contribution is -2.31. The third kappa shape index (κ3) is 2.78. The molecule has 0 fully saturated rings. The van der Waals surface area contributed by atoms with Crippen LogP contribution < -0.4 is 4.90 Å². The maximum Gasteiger partial charge on any atom is 0.294 e. The molecular weight excluding hydrogens is 380 g/mol. The molecule has 1 aliphatic heterocycles. The molecule has 0 aliphatic carbocycles. The van der Waals surface area contributed by atoms with E-state index in [1.807, 2.05) is 24.3 Å². The average molecular weight is 396 g/mol. The Morgan fingerprint density at radius 3 is 2.43 bits per heavy atom. The van der Waals surface area contributed by atoms with Crippen LogP contribution in [-0.2, 0) is 4.79 Å². The van der Waals surface area contributed by atoms with E-state index >= 15 is 0 Å². The third-order valence-electron chi connectivity index (χ3n) is 5.10. The van der Waals surface area contributed by atoms with Gasteiger partial charge >= 0.3 is 0 Å². The molecule has 1 N–H and O–H groups in total. The molecule has 1 unspecified atom stereocenters. The molecule has 3 heterocycles. The fraction of sp³-hybridized carbons (Fsp3) is 0.0417. The van der Waals surface area contributed by atoms with Gasteiger partial charge in [-0.25, -0.2) is 0 Å². The molecule has 146 valence electrons. The van der Waals surface area contributed by atoms with E-state index in [-0.39, 0.29) is 11.3 Å². The second-order valence-electron chi connectivity index (χ2n) is 6.91. The van der Waals surface area contributed by atoms with Crippen LogP contribution >= 0.6 is 0 Å². The number of carbonyl (C=O) groups is 2. The summed E-state index contributed by atoms with van der Waals surface area (Å²) >= 11 is 0. The number of ketones is 1. The Morgan fingerprint density at radius 1 is 0.967 bits per heavy atom. The summed E-state index contributed by atoms with van der Waals surface area (Å²) in [5.41, 5.74) is 1.52. The molecule has 1 atom stereocenters. The van der Waals surface area contributed by atoms with Crippen molar-refractivity contribution in [2.24, 2.45) is 0 Å². The van der Waals surface area contributed by atoms with Gasteiger partial charge in [-0.1, -0.05) is 42.5 Å². The minimum absolute atomic E-state index is 0.0541. The van der Waals surface area contributed by atoms with E-state index < -0.39 is 23.5 Å². The lowest BCUT2D eigenvalue weighted by Gasteiger charge is -2.25. The minimum Gasteiger partial charge on any atom is -0.503 e. The van der Waals surface area contributed by atoms with Crippen molar-refractivity contribution in [3.63, 3.8) is 0 Å². The number of nitrogens with zero attached hydrogens (tertiary/aromatic N) is 2. The standard InChI is InChI=1S/C24H16N2O4/c27-22(19-14-15-8-4-5-12-18(15)30-19)20-21(17-11-6-7-13-25-17)26(24(29)23(20)28)16-9-2-1-3-10-16/h1-14,21,28H. The zero-order chi connectivity index (χ0) is 20.7. The van der Waals surface area contributed by atoms with Crippen molar-refractivity contribution < 1.29 is 19.1 Å². The predicted molar refractivity (Wildman–Crippen MR) is 111 cm³/mol. The van der Waals surface area contributed by atoms with Crippen LogP contribution in [0.2, 0.25) is 0 Å². The summed E-state index contributed by atoms with van der Waals surface area (Å²) in [4.78, 5) is 32.2. The van der Waals surface area contributed by atoms with Gasteiger partial charge in [0.2, 0.25) is 5.78 Å². The summed E-state index contributed by atoms with van der Waals surface area (Å²) < 4.78 is 5.71. The van der Waals surface area contributed by atoms with Gasteiger partial charge in [0.15, 0.2) is 11.5 Å². The van der Waals surface area contributed by atoms with Gasteiger partial charge in [0.1, 0.15) is 11.6 Å². The summed E-state index contributed by atoms with van der Waals surface area (Å²) in [5, 5.41) is 11.5. The van der Waals surface area contributed by atoms with Gasteiger partial charge in [0.05, 0.1) is 11.3 Å². The number of hydrogen-bond acceptors (Lipinski definition) is 5. The van der Waals surface area contributed by atoms with Crippen molar-refractivity contribution in [3.8, 4) is 0 Å². The number of anilines is 1. The van der Waals surface area contributed by atoms with Gasteiger partial charge < -0.3 is 9.52 Å². The number of aromatic nitrogens is 1. The molecule has 5 rings (SSSR count). The number of hydrogen-bond donors (Lipinski definition) is 1. The van der Waals surface area contributed by atoms with E-state index in [4.69, 9.17) is 4.42 Å². The van der Waals surface area contributed by atoms with Gasteiger partial charge in [0.25, 0.3) is 5.91 Å². The minimum atomic E-state index is -0.873. The molecule has 1 aliphatic rings. The summed E-state index contributed by atoms with van der Waals surface area (Å²) in [6.45, 7) is 0. The first-order valence-electron chi connectivity index (χ1n) is 9.41. The molecule has 2 aromatic heterocycles. The number of aliphatic hydroxyl groups is 1. The first-order valence-corrected chi connectivity index (χ1v) is 9.41. The molecule has 1 amide bonds. The van der Waals surface area contributed by atoms with E-state index in [0.717, 1.165) is 5.39 Å². The highest BCUT2D eigenvalue weighted by Crippen LogP contribution is 2.41. The Bertz CT molecular complexity index is 1260. The van der Waals surface area contributed by atoms with E-state index in [2.05, 4.69) is 4.98 Å². The zero-order valence-corrected chi connectivity index (χ0v) is 15.7. The lowest BCUT2D eigenvalue weighted by atomic mass is 9.98. The lowest BCUT2D eigenvalue weighted by molar-refractivity contribution is -0.117. The molecule has 0 saturated carbocycles. The van der Waals surface area contributed by atoms with Crippen LogP contribution in [0.1, 0.15) is 22.3 Å². The number of amides is 1. The first kappa shape index (κ1) is 17.9. The number of Topliss-reactive ketones (excluding diaryl/α,β-unsaturated/α-hetero) is 1. The molecule has 0 spiro atoms. The van der Waals surface area contributed by atoms with Crippen molar-refractivity contribution in [1.82, 2.24) is 4.98 Å². The second kappa shape index (κ2) is 7.00. The summed E-state index contributed by atoms with van der Waals surface area (Å²) in [6.07, 6.45) is 1.58. The number of rotatable bonds is 4. The summed E-state index contributed by atoms with van der Waals surface area (Å²) in [7, 11) is 0. The Kier molecular flexibility index (Phi) is 4.17. The molecule has 2 aromatic carbocycles. The molecule has 0 saturated heterocycles. The largest absolute Gasteiger partial charge is 0.503 e. The SMILES string of the molecule is O=C(C1=C(O)C(=O)N(c2ccccc2)C1c1ccccn1)c1cc2ccccc2o1. The van der Waals surface area contributed by atoms with Gasteiger partial charge in [-0.2, -0.15) is 0 Å². The Morgan fingerprint density at radius 2 is 1.70 bits per heavy atom. The second-order valence-corrected chi connectivity index (χ2v) is 6.91. The van der Waals surface area contributed by atoms with E-state index in [9.17, 15) is 14.7 Å². The number of benzene rings is 2. The zero-order valence-electron chi connectivity index (χ0n) is 15.7. The van der Waals surface area contributed by atoms with Crippen LogP contribution in [0.15, 0.2) is 101 Å². The molecule has 30 heavy (non-hydrogen) atoms.